The predicted molar refractivity (Wildman–Crippen MR) is 136 cm³/mol. The Morgan fingerprint density at radius 1 is 0.941 bits per heavy atom. The smallest absolute Gasteiger partial charge is 0.123 e. The van der Waals surface area contributed by atoms with E-state index in [1.807, 2.05) is 18.2 Å². The summed E-state index contributed by atoms with van der Waals surface area (Å²) in [6.07, 6.45) is 5.06. The molecule has 0 amide bonds. The van der Waals surface area contributed by atoms with E-state index >= 15 is 0 Å². The van der Waals surface area contributed by atoms with Gasteiger partial charge >= 0.3 is 0 Å². The quantitative estimate of drug-likeness (QED) is 0.449. The fourth-order valence-corrected chi connectivity index (χ4v) is 5.46. The molecule has 0 bridgehead atoms. The number of hydrogen-bond donors (Lipinski definition) is 1. The van der Waals surface area contributed by atoms with Crippen molar-refractivity contribution in [2.45, 2.75) is 50.5 Å². The Kier molecular flexibility index (Phi) is 7.05. The minimum Gasteiger partial charge on any atom is -0.508 e. The zero-order valence-electron chi connectivity index (χ0n) is 20.0. The molecule has 0 aliphatic carbocycles. The number of likely N-dealkylation sites (tertiary alicyclic amines) is 1. The van der Waals surface area contributed by atoms with Gasteiger partial charge in [0.15, 0.2) is 0 Å². The monoisotopic (exact) mass is 457 g/mol. The van der Waals surface area contributed by atoms with Gasteiger partial charge in [0.2, 0.25) is 0 Å². The molecule has 3 aromatic carbocycles. The van der Waals surface area contributed by atoms with E-state index in [2.05, 4.69) is 60.4 Å². The highest BCUT2D eigenvalue weighted by atomic mass is 16.5. The van der Waals surface area contributed by atoms with Crippen LogP contribution < -0.4 is 9.47 Å². The van der Waals surface area contributed by atoms with Crippen molar-refractivity contribution in [2.75, 3.05) is 26.3 Å². The molecular formula is C30H35NO3. The van der Waals surface area contributed by atoms with Crippen molar-refractivity contribution in [3.8, 4) is 17.2 Å². The van der Waals surface area contributed by atoms with E-state index < -0.39 is 0 Å². The summed E-state index contributed by atoms with van der Waals surface area (Å²) >= 11 is 0. The van der Waals surface area contributed by atoms with Crippen LogP contribution in [-0.4, -0.2) is 42.4 Å². The topological polar surface area (TPSA) is 41.9 Å². The lowest BCUT2D eigenvalue weighted by Crippen LogP contribution is -2.38. The van der Waals surface area contributed by atoms with Gasteiger partial charge in [-0.15, -0.1) is 0 Å². The summed E-state index contributed by atoms with van der Waals surface area (Å²) in [5.41, 5.74) is 3.48. The van der Waals surface area contributed by atoms with Crippen LogP contribution in [0.1, 0.15) is 61.1 Å². The first-order valence-corrected chi connectivity index (χ1v) is 12.7. The van der Waals surface area contributed by atoms with Gasteiger partial charge in [0.25, 0.3) is 0 Å². The Hall–Kier alpha value is -2.98. The molecule has 0 aromatic heterocycles. The highest BCUT2D eigenvalue weighted by Crippen LogP contribution is 2.47. The largest absolute Gasteiger partial charge is 0.508 e. The van der Waals surface area contributed by atoms with Crippen molar-refractivity contribution >= 4 is 0 Å². The molecule has 3 atom stereocenters. The van der Waals surface area contributed by atoms with Gasteiger partial charge in [0, 0.05) is 23.4 Å². The second kappa shape index (κ2) is 10.5. The van der Waals surface area contributed by atoms with Gasteiger partial charge in [-0.25, -0.2) is 0 Å². The van der Waals surface area contributed by atoms with Gasteiger partial charge in [0.05, 0.1) is 13.2 Å². The molecule has 1 unspecified atom stereocenters. The number of piperidine rings is 1. The molecule has 0 spiro atoms. The Labute approximate surface area is 203 Å². The normalized spacial score (nSPS) is 21.3. The Morgan fingerprint density at radius 2 is 1.71 bits per heavy atom. The van der Waals surface area contributed by atoms with E-state index in [9.17, 15) is 5.11 Å². The lowest BCUT2D eigenvalue weighted by molar-refractivity contribution is 0.149. The maximum atomic E-state index is 10.2. The standard InChI is InChI=1S/C30H35NO3/c1-22(31-17-6-3-7-18-31)16-19-33-26-13-10-24(11-14-26)30-27-20-25(32)12-15-29(27)34-21-28(30)23-8-4-2-5-9-23/h2,4-5,8-15,20,22,28,30,32H,3,6-7,16-19,21H2,1H3/t22?,28-,30-/m0/s1. The Morgan fingerprint density at radius 3 is 2.47 bits per heavy atom. The van der Waals surface area contributed by atoms with Crippen LogP contribution in [0, 0.1) is 0 Å². The van der Waals surface area contributed by atoms with Crippen LogP contribution in [0.5, 0.6) is 17.2 Å². The third-order valence-corrected chi connectivity index (χ3v) is 7.43. The van der Waals surface area contributed by atoms with Crippen LogP contribution in [0.4, 0.5) is 0 Å². The molecular weight excluding hydrogens is 422 g/mol. The van der Waals surface area contributed by atoms with Crippen LogP contribution in [0.25, 0.3) is 0 Å². The summed E-state index contributed by atoms with van der Waals surface area (Å²) in [4.78, 5) is 2.59. The van der Waals surface area contributed by atoms with Gasteiger partial charge in [-0.05, 0) is 80.7 Å². The van der Waals surface area contributed by atoms with E-state index in [0.717, 1.165) is 30.1 Å². The van der Waals surface area contributed by atoms with Crippen LogP contribution in [-0.2, 0) is 0 Å². The number of rotatable bonds is 7. The van der Waals surface area contributed by atoms with Crippen molar-refractivity contribution in [1.82, 2.24) is 4.90 Å². The molecule has 1 fully saturated rings. The lowest BCUT2D eigenvalue weighted by Gasteiger charge is -2.34. The second-order valence-electron chi connectivity index (χ2n) is 9.68. The summed E-state index contributed by atoms with van der Waals surface area (Å²) < 4.78 is 12.2. The van der Waals surface area contributed by atoms with Crippen molar-refractivity contribution in [1.29, 1.82) is 0 Å². The number of fused-ring (bicyclic) bond motifs is 1. The molecule has 4 nitrogen and oxygen atoms in total. The summed E-state index contributed by atoms with van der Waals surface area (Å²) in [7, 11) is 0. The average molecular weight is 458 g/mol. The third kappa shape index (κ3) is 5.07. The molecule has 34 heavy (non-hydrogen) atoms. The maximum absolute atomic E-state index is 10.2. The Balaban J connectivity index is 1.31. The number of benzene rings is 3. The van der Waals surface area contributed by atoms with Gasteiger partial charge in [-0.2, -0.15) is 0 Å². The summed E-state index contributed by atoms with van der Waals surface area (Å²) in [6, 6.07) is 25.0. The molecule has 1 N–H and O–H groups in total. The number of hydrogen-bond acceptors (Lipinski definition) is 4. The van der Waals surface area contributed by atoms with E-state index in [4.69, 9.17) is 9.47 Å². The molecule has 5 rings (SSSR count). The molecule has 3 aromatic rings. The predicted octanol–water partition coefficient (Wildman–Crippen LogP) is 6.34. The minimum absolute atomic E-state index is 0.103. The highest BCUT2D eigenvalue weighted by molar-refractivity contribution is 5.51. The van der Waals surface area contributed by atoms with Gasteiger partial charge in [-0.3, -0.25) is 0 Å². The highest BCUT2D eigenvalue weighted by Gasteiger charge is 2.33. The number of aromatic hydroxyl groups is 1. The zero-order chi connectivity index (χ0) is 23.3. The van der Waals surface area contributed by atoms with E-state index in [-0.39, 0.29) is 17.6 Å². The third-order valence-electron chi connectivity index (χ3n) is 7.43. The van der Waals surface area contributed by atoms with E-state index in [0.29, 0.717) is 12.6 Å². The van der Waals surface area contributed by atoms with Gasteiger partial charge in [0.1, 0.15) is 17.2 Å². The first kappa shape index (κ1) is 22.8. The fourth-order valence-electron chi connectivity index (χ4n) is 5.46. The molecule has 2 aliphatic rings. The SMILES string of the molecule is CC(CCOc1ccc([C@H]2c3cc(O)ccc3OC[C@H]2c2ccccc2)cc1)N1CCCCC1. The van der Waals surface area contributed by atoms with Crippen molar-refractivity contribution < 1.29 is 14.6 Å². The lowest BCUT2D eigenvalue weighted by atomic mass is 9.76. The number of nitrogens with zero attached hydrogens (tertiary/aromatic N) is 1. The molecule has 1 saturated heterocycles. The van der Waals surface area contributed by atoms with E-state index in [1.54, 1.807) is 6.07 Å². The summed E-state index contributed by atoms with van der Waals surface area (Å²) in [5.74, 6) is 2.30. The zero-order valence-corrected chi connectivity index (χ0v) is 20.0. The van der Waals surface area contributed by atoms with Crippen LogP contribution in [0.15, 0.2) is 72.8 Å². The first-order valence-electron chi connectivity index (χ1n) is 12.7. The van der Waals surface area contributed by atoms with Crippen LogP contribution in [0.2, 0.25) is 0 Å². The number of ether oxygens (including phenoxy) is 2. The molecule has 4 heteroatoms. The molecule has 2 aliphatic heterocycles. The average Bonchev–Trinajstić information content (AvgIpc) is 2.89. The van der Waals surface area contributed by atoms with Crippen molar-refractivity contribution in [2.24, 2.45) is 0 Å². The number of phenols is 1. The molecule has 178 valence electrons. The first-order chi connectivity index (χ1) is 16.7. The second-order valence-corrected chi connectivity index (χ2v) is 9.68. The summed E-state index contributed by atoms with van der Waals surface area (Å²) in [6.45, 7) is 6.11. The maximum Gasteiger partial charge on any atom is 0.123 e. The summed E-state index contributed by atoms with van der Waals surface area (Å²) in [5, 5.41) is 10.2. The minimum atomic E-state index is 0.103. The van der Waals surface area contributed by atoms with Crippen molar-refractivity contribution in [3.63, 3.8) is 0 Å². The van der Waals surface area contributed by atoms with Crippen LogP contribution in [0.3, 0.4) is 0 Å². The van der Waals surface area contributed by atoms with Gasteiger partial charge in [-0.1, -0.05) is 48.9 Å². The molecule has 2 heterocycles. The molecule has 0 saturated carbocycles. The van der Waals surface area contributed by atoms with Gasteiger partial charge < -0.3 is 19.5 Å². The molecule has 0 radical (unpaired) electrons. The van der Waals surface area contributed by atoms with Crippen molar-refractivity contribution in [3.05, 3.63) is 89.5 Å². The fraction of sp³-hybridized carbons (Fsp3) is 0.400. The Bertz CT molecular complexity index is 1060. The van der Waals surface area contributed by atoms with E-state index in [1.165, 1.54) is 43.5 Å². The van der Waals surface area contributed by atoms with Crippen LogP contribution >= 0.6 is 0 Å². The number of phenolic OH excluding ortho intramolecular Hbond substituents is 1.